The Balaban J connectivity index is 1.79. The third kappa shape index (κ3) is 4.71. The van der Waals surface area contributed by atoms with Crippen LogP contribution in [0.5, 0.6) is 0 Å². The van der Waals surface area contributed by atoms with E-state index in [1.807, 2.05) is 41.0 Å². The van der Waals surface area contributed by atoms with Gasteiger partial charge in [0.15, 0.2) is 6.54 Å². The number of aromatic nitrogens is 2. The second-order valence-electron chi connectivity index (χ2n) is 7.58. The van der Waals surface area contributed by atoms with Gasteiger partial charge in [0, 0.05) is 52.9 Å². The zero-order chi connectivity index (χ0) is 22.4. The van der Waals surface area contributed by atoms with Gasteiger partial charge >= 0.3 is 5.89 Å². The third-order valence-electron chi connectivity index (χ3n) is 5.36. The molecule has 0 radical (unpaired) electrons. The number of hydrogen-bond donors (Lipinski definition) is 3. The zero-order valence-corrected chi connectivity index (χ0v) is 18.5. The van der Waals surface area contributed by atoms with Crippen LogP contribution in [0.3, 0.4) is 0 Å². The Kier molecular flexibility index (Phi) is 5.75. The Labute approximate surface area is 180 Å². The highest BCUT2D eigenvalue weighted by Crippen LogP contribution is 2.35. The largest absolute Gasteiger partial charge is 0.748 e. The molecule has 31 heavy (non-hydrogen) atoms. The van der Waals surface area contributed by atoms with Gasteiger partial charge in [-0.25, -0.2) is 8.42 Å². The van der Waals surface area contributed by atoms with Crippen molar-refractivity contribution in [1.29, 1.82) is 0 Å². The highest BCUT2D eigenvalue weighted by Gasteiger charge is 2.22. The molecular weight excluding hydrogens is 444 g/mol. The van der Waals surface area contributed by atoms with Crippen LogP contribution < -0.4 is 4.57 Å². The molecule has 0 spiro atoms. The van der Waals surface area contributed by atoms with Crippen LogP contribution in [0.25, 0.3) is 32.9 Å². The summed E-state index contributed by atoms with van der Waals surface area (Å²) >= 11 is 0. The molecule has 0 aliphatic heterocycles. The smallest absolute Gasteiger partial charge is 0.344 e. The number of para-hydroxylation sites is 1. The van der Waals surface area contributed by atoms with Crippen molar-refractivity contribution < 1.29 is 35.6 Å². The van der Waals surface area contributed by atoms with Gasteiger partial charge in [0.1, 0.15) is 0 Å². The van der Waals surface area contributed by atoms with Crippen molar-refractivity contribution in [2.24, 2.45) is 0 Å². The molecule has 2 aromatic carbocycles. The van der Waals surface area contributed by atoms with Crippen molar-refractivity contribution in [3.05, 3.63) is 42.3 Å². The van der Waals surface area contributed by atoms with Gasteiger partial charge in [0.05, 0.1) is 33.4 Å². The Bertz CT molecular complexity index is 1370. The fraction of sp³-hybridized carbons (Fsp3) is 0.350. The molecule has 168 valence electrons. The Morgan fingerprint density at radius 2 is 1.77 bits per heavy atom. The third-order valence-corrected chi connectivity index (χ3v) is 6.98. The number of aryl methyl sites for hydroxylation is 3. The zero-order valence-electron chi connectivity index (χ0n) is 16.9. The molecule has 0 aliphatic rings. The molecule has 11 heteroatoms. The number of hydrogen-bond acceptors (Lipinski definition) is 7. The summed E-state index contributed by atoms with van der Waals surface area (Å²) in [5.74, 6) is 0.0692. The summed E-state index contributed by atoms with van der Waals surface area (Å²) in [6, 6.07) is 11.7. The van der Waals surface area contributed by atoms with Crippen LogP contribution >= 0.6 is 10.9 Å². The summed E-state index contributed by atoms with van der Waals surface area (Å²) in [4.78, 5) is 0. The van der Waals surface area contributed by atoms with Gasteiger partial charge in [0.25, 0.3) is 5.52 Å². The van der Waals surface area contributed by atoms with Gasteiger partial charge in [-0.15, -0.1) is 0 Å². The van der Waals surface area contributed by atoms with Gasteiger partial charge in [0.2, 0.25) is 5.58 Å². The van der Waals surface area contributed by atoms with Crippen molar-refractivity contribution in [2.45, 2.75) is 32.9 Å². The standard InChI is InChI=1S/C20H24N2O7S2/c1-14-21(8-4-10-30(23,24)25)19-12-16-15-6-2-3-7-17(15)22(9-5-11-31(26,27)28)18(16)13-20(19)29-14/h2-3,6-7,12-13H,4-5,8-11H2,1H3,(H3-,23,24,25,26,27,28). The fourth-order valence-electron chi connectivity index (χ4n) is 4.07. The molecule has 0 unspecified atom stereocenters. The minimum Gasteiger partial charge on any atom is -0.748 e. The molecule has 3 N–H and O–H groups in total. The number of nitrogens with zero attached hydrogens (tertiary/aromatic N) is 2. The molecule has 0 amide bonds. The van der Waals surface area contributed by atoms with Crippen molar-refractivity contribution in [1.82, 2.24) is 4.57 Å². The van der Waals surface area contributed by atoms with E-state index >= 15 is 0 Å². The van der Waals surface area contributed by atoms with Crippen molar-refractivity contribution in [3.63, 3.8) is 0 Å². The molecule has 0 saturated heterocycles. The molecule has 0 fully saturated rings. The van der Waals surface area contributed by atoms with E-state index in [0.29, 0.717) is 31.0 Å². The van der Waals surface area contributed by atoms with E-state index in [0.717, 1.165) is 27.3 Å². The Hall–Kier alpha value is -2.15. The molecular formula is C20H24N2O7S2. The lowest BCUT2D eigenvalue weighted by Crippen LogP contribution is -2.36. The predicted octanol–water partition coefficient (Wildman–Crippen LogP) is 3.69. The van der Waals surface area contributed by atoms with Crippen LogP contribution in [0, 0.1) is 6.92 Å². The first-order valence-electron chi connectivity index (χ1n) is 9.79. The summed E-state index contributed by atoms with van der Waals surface area (Å²) in [7, 11) is -7.81. The summed E-state index contributed by atoms with van der Waals surface area (Å²) in [5.41, 5.74) is 3.32. The first-order chi connectivity index (χ1) is 14.5. The number of rotatable bonds is 8. The van der Waals surface area contributed by atoms with E-state index in [9.17, 15) is 26.6 Å². The van der Waals surface area contributed by atoms with E-state index in [2.05, 4.69) is 4.57 Å². The first-order valence-corrected chi connectivity index (χ1v) is 13.0. The van der Waals surface area contributed by atoms with E-state index < -0.39 is 26.7 Å². The minimum atomic E-state index is -4.27. The van der Waals surface area contributed by atoms with Gasteiger partial charge in [-0.1, -0.05) is 18.2 Å². The van der Waals surface area contributed by atoms with Crippen LogP contribution in [0.4, 0.5) is 0 Å². The average Bonchev–Trinajstić information content (AvgIpc) is 3.13. The van der Waals surface area contributed by atoms with E-state index in [4.69, 9.17) is 4.42 Å². The second kappa shape index (κ2) is 8.08. The maximum atomic E-state index is 10.9. The van der Waals surface area contributed by atoms with E-state index in [1.54, 1.807) is 6.92 Å². The Morgan fingerprint density at radius 1 is 1.03 bits per heavy atom. The summed E-state index contributed by atoms with van der Waals surface area (Å²) in [6.45, 7) is 2.61. The van der Waals surface area contributed by atoms with Crippen LogP contribution in [0.15, 0.2) is 40.8 Å². The molecule has 0 saturated carbocycles. The van der Waals surface area contributed by atoms with Crippen molar-refractivity contribution in [3.8, 4) is 0 Å². The molecule has 4 aromatic rings. The normalized spacial score (nSPS) is 13.6. The molecule has 0 bridgehead atoms. The monoisotopic (exact) mass is 468 g/mol. The number of oxazole rings is 1. The highest BCUT2D eigenvalue weighted by molar-refractivity contribution is 8.19. The Morgan fingerprint density at radius 3 is 2.48 bits per heavy atom. The summed E-state index contributed by atoms with van der Waals surface area (Å²) < 4.78 is 70.5. The van der Waals surface area contributed by atoms with E-state index in [1.165, 1.54) is 0 Å². The maximum Gasteiger partial charge on any atom is 0.344 e. The average molecular weight is 469 g/mol. The lowest BCUT2D eigenvalue weighted by atomic mass is 10.1. The number of fused-ring (bicyclic) bond motifs is 4. The summed E-state index contributed by atoms with van der Waals surface area (Å²) in [5, 5.41) is 1.99. The van der Waals surface area contributed by atoms with Crippen LogP contribution in [-0.2, 0) is 23.2 Å². The lowest BCUT2D eigenvalue weighted by Gasteiger charge is -2.19. The van der Waals surface area contributed by atoms with Gasteiger partial charge in [-0.2, -0.15) is 4.57 Å². The summed E-state index contributed by atoms with van der Waals surface area (Å²) in [6.07, 6.45) is 0.574. The van der Waals surface area contributed by atoms with Gasteiger partial charge in [-0.3, -0.25) is 0 Å². The van der Waals surface area contributed by atoms with Crippen LogP contribution in [0.1, 0.15) is 18.7 Å². The maximum absolute atomic E-state index is 10.9. The van der Waals surface area contributed by atoms with Crippen molar-refractivity contribution >= 4 is 53.9 Å². The SMILES string of the molecule is Cc1oc2cc3c(cc2[n+]1CCCS(=O)(=O)[O-])c1ccccc1n3CCCS(O)(O)O. The molecule has 2 aromatic heterocycles. The topological polar surface area (TPSA) is 140 Å². The minimum absolute atomic E-state index is 0.105. The van der Waals surface area contributed by atoms with Crippen LogP contribution in [-0.4, -0.2) is 42.7 Å². The molecule has 0 aliphatic carbocycles. The van der Waals surface area contributed by atoms with E-state index in [-0.39, 0.29) is 12.2 Å². The highest BCUT2D eigenvalue weighted by atomic mass is 32.3. The molecule has 4 rings (SSSR count). The quantitative estimate of drug-likeness (QED) is 0.265. The van der Waals surface area contributed by atoms with Gasteiger partial charge in [-0.05, 0) is 12.5 Å². The molecule has 9 nitrogen and oxygen atoms in total. The fourth-order valence-corrected chi connectivity index (χ4v) is 5.07. The number of benzene rings is 2. The lowest BCUT2D eigenvalue weighted by molar-refractivity contribution is -0.682. The first kappa shape index (κ1) is 22.1. The van der Waals surface area contributed by atoms with Gasteiger partial charge < -0.3 is 27.2 Å². The molecule has 2 heterocycles. The second-order valence-corrected chi connectivity index (χ2v) is 10.8. The van der Waals surface area contributed by atoms with Crippen molar-refractivity contribution in [2.75, 3.05) is 11.5 Å². The predicted molar refractivity (Wildman–Crippen MR) is 118 cm³/mol. The van der Waals surface area contributed by atoms with Crippen LogP contribution in [0.2, 0.25) is 0 Å². The molecule has 0 atom stereocenters.